The first kappa shape index (κ1) is 26.1. The Balaban J connectivity index is 1.61. The molecule has 0 aliphatic heterocycles. The summed E-state index contributed by atoms with van der Waals surface area (Å²) in [7, 11) is 1.53. The lowest BCUT2D eigenvalue weighted by Gasteiger charge is -2.26. The molecular formula is C24H26ClN3O6S. The predicted molar refractivity (Wildman–Crippen MR) is 136 cm³/mol. The highest BCUT2D eigenvalue weighted by Crippen LogP contribution is 2.30. The number of anilines is 2. The first-order valence-corrected chi connectivity index (χ1v) is 11.8. The normalized spacial score (nSPS) is 11.1. The maximum absolute atomic E-state index is 12.5. The van der Waals surface area contributed by atoms with E-state index in [4.69, 9.17) is 21.1 Å². The zero-order valence-electron chi connectivity index (χ0n) is 19.7. The van der Waals surface area contributed by atoms with Crippen molar-refractivity contribution in [2.24, 2.45) is 0 Å². The van der Waals surface area contributed by atoms with Crippen LogP contribution < -0.4 is 19.8 Å². The van der Waals surface area contributed by atoms with Crippen LogP contribution in [-0.2, 0) is 16.0 Å². The van der Waals surface area contributed by atoms with Crippen LogP contribution in [0.2, 0.25) is 5.02 Å². The van der Waals surface area contributed by atoms with Crippen LogP contribution in [-0.4, -0.2) is 41.3 Å². The molecule has 35 heavy (non-hydrogen) atoms. The summed E-state index contributed by atoms with van der Waals surface area (Å²) < 4.78 is 11.0. The molecule has 3 rings (SSSR count). The van der Waals surface area contributed by atoms with Gasteiger partial charge in [-0.3, -0.25) is 19.5 Å². The molecule has 0 atom stereocenters. The number of aromatic hydroxyl groups is 1. The van der Waals surface area contributed by atoms with Gasteiger partial charge in [-0.2, -0.15) is 0 Å². The number of aromatic amines is 1. The molecule has 2 amide bonds. The molecule has 9 nitrogen and oxygen atoms in total. The summed E-state index contributed by atoms with van der Waals surface area (Å²) in [5, 5.41) is 12.8. The van der Waals surface area contributed by atoms with Gasteiger partial charge in [0.15, 0.2) is 6.61 Å². The Morgan fingerprint density at radius 1 is 1.17 bits per heavy atom. The van der Waals surface area contributed by atoms with Crippen LogP contribution >= 0.6 is 22.9 Å². The molecule has 3 aromatic rings. The number of nitrogens with zero attached hydrogens (tertiary/aromatic N) is 1. The fourth-order valence-corrected chi connectivity index (χ4v) is 3.94. The molecule has 0 saturated heterocycles. The number of H-pyrrole nitrogens is 1. The quantitative estimate of drug-likeness (QED) is 0.413. The van der Waals surface area contributed by atoms with E-state index in [1.54, 1.807) is 63.2 Å². The third-order valence-corrected chi connectivity index (χ3v) is 5.73. The minimum atomic E-state index is -0.682. The third kappa shape index (κ3) is 7.49. The molecule has 3 N–H and O–H groups in total. The van der Waals surface area contributed by atoms with Gasteiger partial charge >= 0.3 is 11.0 Å². The lowest BCUT2D eigenvalue weighted by atomic mass is 10.1. The molecule has 0 radical (unpaired) electrons. The van der Waals surface area contributed by atoms with Crippen LogP contribution in [0.15, 0.2) is 47.3 Å². The minimum Gasteiger partial charge on any atom is -0.494 e. The van der Waals surface area contributed by atoms with E-state index in [-0.39, 0.29) is 17.4 Å². The minimum absolute atomic E-state index is 0.129. The number of carbonyl (C=O) groups is 2. The summed E-state index contributed by atoms with van der Waals surface area (Å²) in [5.41, 5.74) is 0.929. The van der Waals surface area contributed by atoms with Crippen LogP contribution in [0.5, 0.6) is 11.6 Å². The fraction of sp³-hybridized carbons (Fsp3) is 0.292. The molecule has 0 bridgehead atoms. The summed E-state index contributed by atoms with van der Waals surface area (Å²) in [6.07, 6.45) is -0.201. The number of halogens is 1. The number of thiazole rings is 1. The number of nitrogens with one attached hydrogen (secondary N) is 2. The van der Waals surface area contributed by atoms with E-state index < -0.39 is 17.6 Å². The molecule has 0 aliphatic carbocycles. The van der Waals surface area contributed by atoms with Crippen molar-refractivity contribution in [3.8, 4) is 11.6 Å². The number of hydrogen-bond acceptors (Lipinski definition) is 7. The summed E-state index contributed by atoms with van der Waals surface area (Å²) in [5.74, 6) is -0.0919. The fourth-order valence-electron chi connectivity index (χ4n) is 3.01. The van der Waals surface area contributed by atoms with Crippen LogP contribution in [0.1, 0.15) is 31.2 Å². The number of benzene rings is 2. The lowest BCUT2D eigenvalue weighted by Crippen LogP contribution is -2.34. The molecule has 0 unspecified atom stereocenters. The average Bonchev–Trinajstić information content (AvgIpc) is 3.09. The first-order chi connectivity index (χ1) is 16.4. The predicted octanol–water partition coefficient (Wildman–Crippen LogP) is 4.78. The SMILES string of the molecule is CN(C(=O)OC(C)(C)C)c1cc(Cl)ccc1NC(=O)COc1ccc(Cc2sc(=O)[nH]c2O)cc1. The van der Waals surface area contributed by atoms with Gasteiger partial charge in [-0.15, -0.1) is 0 Å². The Kier molecular flexibility index (Phi) is 8.08. The van der Waals surface area contributed by atoms with Gasteiger partial charge in [0.05, 0.1) is 16.3 Å². The van der Waals surface area contributed by atoms with Crippen molar-refractivity contribution in [2.75, 3.05) is 23.9 Å². The van der Waals surface area contributed by atoms with E-state index in [0.29, 0.717) is 33.4 Å². The Morgan fingerprint density at radius 3 is 2.46 bits per heavy atom. The van der Waals surface area contributed by atoms with Crippen molar-refractivity contribution >= 4 is 46.3 Å². The second kappa shape index (κ2) is 10.8. The van der Waals surface area contributed by atoms with Crippen molar-refractivity contribution in [2.45, 2.75) is 32.8 Å². The van der Waals surface area contributed by atoms with E-state index >= 15 is 0 Å². The summed E-state index contributed by atoms with van der Waals surface area (Å²) in [6, 6.07) is 11.7. The van der Waals surface area contributed by atoms with E-state index in [2.05, 4.69) is 10.3 Å². The molecule has 0 fully saturated rings. The van der Waals surface area contributed by atoms with Gasteiger partial charge in [-0.1, -0.05) is 35.1 Å². The van der Waals surface area contributed by atoms with Crippen molar-refractivity contribution in [3.05, 3.63) is 67.6 Å². The third-order valence-electron chi connectivity index (χ3n) is 4.62. The standard InChI is InChI=1S/C24H26ClN3O6S/c1-24(2,3)34-23(32)28(4)18-12-15(25)7-10-17(18)26-20(29)13-33-16-8-5-14(6-9-16)11-19-21(30)27-22(31)35-19/h5-10,12,30H,11,13H2,1-4H3,(H,26,29)(H,27,31). The lowest BCUT2D eigenvalue weighted by molar-refractivity contribution is -0.118. The summed E-state index contributed by atoms with van der Waals surface area (Å²) in [4.78, 5) is 40.1. The smallest absolute Gasteiger partial charge is 0.414 e. The maximum atomic E-state index is 12.5. The molecule has 1 heterocycles. The molecule has 1 aromatic heterocycles. The zero-order valence-corrected chi connectivity index (χ0v) is 21.2. The zero-order chi connectivity index (χ0) is 25.8. The van der Waals surface area contributed by atoms with E-state index in [9.17, 15) is 19.5 Å². The molecular weight excluding hydrogens is 494 g/mol. The Labute approximate surface area is 211 Å². The monoisotopic (exact) mass is 519 g/mol. The molecule has 11 heteroatoms. The van der Waals surface area contributed by atoms with Crippen molar-refractivity contribution in [3.63, 3.8) is 0 Å². The van der Waals surface area contributed by atoms with Gasteiger partial charge in [0.1, 0.15) is 11.4 Å². The highest BCUT2D eigenvalue weighted by molar-refractivity contribution is 7.09. The van der Waals surface area contributed by atoms with Crippen molar-refractivity contribution in [1.29, 1.82) is 0 Å². The second-order valence-electron chi connectivity index (χ2n) is 8.64. The Morgan fingerprint density at radius 2 is 1.86 bits per heavy atom. The number of rotatable bonds is 7. The van der Waals surface area contributed by atoms with Crippen LogP contribution in [0.4, 0.5) is 16.2 Å². The molecule has 0 saturated carbocycles. The van der Waals surface area contributed by atoms with Gasteiger partial charge in [0.2, 0.25) is 5.88 Å². The number of ether oxygens (including phenoxy) is 2. The second-order valence-corrected chi connectivity index (χ2v) is 10.1. The highest BCUT2D eigenvalue weighted by Gasteiger charge is 2.23. The van der Waals surface area contributed by atoms with E-state index in [1.807, 2.05) is 0 Å². The number of hydrogen-bond donors (Lipinski definition) is 3. The van der Waals surface area contributed by atoms with Gasteiger partial charge in [-0.25, -0.2) is 4.79 Å². The van der Waals surface area contributed by atoms with Crippen molar-refractivity contribution < 1.29 is 24.2 Å². The van der Waals surface area contributed by atoms with E-state index in [0.717, 1.165) is 16.9 Å². The van der Waals surface area contributed by atoms with Crippen molar-refractivity contribution in [1.82, 2.24) is 4.98 Å². The maximum Gasteiger partial charge on any atom is 0.414 e. The van der Waals surface area contributed by atoms with Gasteiger partial charge in [0, 0.05) is 18.5 Å². The van der Waals surface area contributed by atoms with Crippen LogP contribution in [0.3, 0.4) is 0 Å². The first-order valence-electron chi connectivity index (χ1n) is 10.6. The van der Waals surface area contributed by atoms with Crippen LogP contribution in [0, 0.1) is 0 Å². The summed E-state index contributed by atoms with van der Waals surface area (Å²) in [6.45, 7) is 5.01. The number of amides is 2. The van der Waals surface area contributed by atoms with Gasteiger partial charge in [-0.05, 0) is 56.7 Å². The van der Waals surface area contributed by atoms with Crippen LogP contribution in [0.25, 0.3) is 0 Å². The van der Waals surface area contributed by atoms with Gasteiger partial charge in [0.25, 0.3) is 5.91 Å². The average molecular weight is 520 g/mol. The molecule has 0 spiro atoms. The molecule has 2 aromatic carbocycles. The number of aromatic nitrogens is 1. The molecule has 186 valence electrons. The summed E-state index contributed by atoms with van der Waals surface area (Å²) >= 11 is 7.05. The Bertz CT molecular complexity index is 1260. The highest BCUT2D eigenvalue weighted by atomic mass is 35.5. The van der Waals surface area contributed by atoms with E-state index in [1.165, 1.54) is 11.9 Å². The number of carbonyl (C=O) groups excluding carboxylic acids is 2. The largest absolute Gasteiger partial charge is 0.494 e. The molecule has 0 aliphatic rings. The van der Waals surface area contributed by atoms with Gasteiger partial charge < -0.3 is 19.9 Å². The topological polar surface area (TPSA) is 121 Å². The Hall–Kier alpha value is -3.50.